The topological polar surface area (TPSA) is 73.7 Å². The first-order chi connectivity index (χ1) is 9.49. The number of likely N-dealkylation sites (N-methyl/N-ethyl adjacent to an activating group) is 1. The van der Waals surface area contributed by atoms with Gasteiger partial charge in [0.1, 0.15) is 5.56 Å². The van der Waals surface area contributed by atoms with Gasteiger partial charge in [-0.15, -0.1) is 0 Å². The summed E-state index contributed by atoms with van der Waals surface area (Å²) in [6.07, 6.45) is 3.43. The first-order valence-corrected chi connectivity index (χ1v) is 6.68. The molecule has 108 valence electrons. The van der Waals surface area contributed by atoms with E-state index in [4.69, 9.17) is 0 Å². The molecule has 6 nitrogen and oxygen atoms in total. The van der Waals surface area contributed by atoms with Gasteiger partial charge in [0.2, 0.25) is 5.91 Å². The van der Waals surface area contributed by atoms with Crippen LogP contribution in [0.3, 0.4) is 0 Å². The molecule has 6 heteroatoms. The zero-order valence-electron chi connectivity index (χ0n) is 11.8. The second kappa shape index (κ2) is 5.90. The SMILES string of the molecule is Cc1cc(N(C)CC(=O)N2CCCC2)c(C(=O)O)cn1. The van der Waals surface area contributed by atoms with Gasteiger partial charge in [0, 0.05) is 32.0 Å². The van der Waals surface area contributed by atoms with Gasteiger partial charge in [0.25, 0.3) is 0 Å². The number of nitrogens with zero attached hydrogens (tertiary/aromatic N) is 3. The molecular formula is C14H19N3O3. The molecule has 1 aromatic heterocycles. The standard InChI is InChI=1S/C14H19N3O3/c1-10-7-12(11(8-15-10)14(19)20)16(2)9-13(18)17-5-3-4-6-17/h7-8H,3-6,9H2,1-2H3,(H,19,20). The lowest BCUT2D eigenvalue weighted by Crippen LogP contribution is -2.37. The minimum absolute atomic E-state index is 0.0378. The molecule has 0 atom stereocenters. The number of hydrogen-bond donors (Lipinski definition) is 1. The Bertz CT molecular complexity index is 524. The molecule has 0 bridgehead atoms. The van der Waals surface area contributed by atoms with E-state index in [1.165, 1.54) is 6.20 Å². The smallest absolute Gasteiger partial charge is 0.339 e. The number of carbonyl (C=O) groups is 2. The molecule has 1 aliphatic rings. The summed E-state index contributed by atoms with van der Waals surface area (Å²) in [6, 6.07) is 1.70. The molecule has 20 heavy (non-hydrogen) atoms. The second-order valence-electron chi connectivity index (χ2n) is 5.09. The molecule has 0 aliphatic carbocycles. The van der Waals surface area contributed by atoms with Crippen LogP contribution < -0.4 is 4.90 Å². The summed E-state index contributed by atoms with van der Waals surface area (Å²) < 4.78 is 0. The predicted octanol–water partition coefficient (Wildman–Crippen LogP) is 1.15. The molecule has 2 rings (SSSR count). The van der Waals surface area contributed by atoms with Crippen LogP contribution >= 0.6 is 0 Å². The highest BCUT2D eigenvalue weighted by atomic mass is 16.4. The average molecular weight is 277 g/mol. The maximum atomic E-state index is 12.1. The third kappa shape index (κ3) is 3.07. The first kappa shape index (κ1) is 14.3. The zero-order valence-corrected chi connectivity index (χ0v) is 11.8. The molecule has 0 radical (unpaired) electrons. The quantitative estimate of drug-likeness (QED) is 0.893. The molecule has 0 unspecified atom stereocenters. The van der Waals surface area contributed by atoms with Gasteiger partial charge in [-0.25, -0.2) is 4.79 Å². The number of hydrogen-bond acceptors (Lipinski definition) is 4. The number of aromatic carboxylic acids is 1. The van der Waals surface area contributed by atoms with Crippen molar-refractivity contribution >= 4 is 17.6 Å². The van der Waals surface area contributed by atoms with Gasteiger partial charge >= 0.3 is 5.97 Å². The monoisotopic (exact) mass is 277 g/mol. The van der Waals surface area contributed by atoms with E-state index in [2.05, 4.69) is 4.98 Å². The van der Waals surface area contributed by atoms with E-state index in [9.17, 15) is 14.7 Å². The van der Waals surface area contributed by atoms with Gasteiger partial charge in [-0.05, 0) is 25.8 Å². The Hall–Kier alpha value is -2.11. The number of aryl methyl sites for hydroxylation is 1. The maximum Gasteiger partial charge on any atom is 0.339 e. The number of carboxylic acids is 1. The number of carboxylic acid groups (broad SMARTS) is 1. The molecule has 1 saturated heterocycles. The molecule has 1 aromatic rings. The van der Waals surface area contributed by atoms with Crippen LogP contribution in [0.15, 0.2) is 12.3 Å². The van der Waals surface area contributed by atoms with Crippen molar-refractivity contribution < 1.29 is 14.7 Å². The number of pyridine rings is 1. The van der Waals surface area contributed by atoms with Crippen molar-refractivity contribution in [1.29, 1.82) is 0 Å². The molecule has 0 spiro atoms. The van der Waals surface area contributed by atoms with Gasteiger partial charge in [0.05, 0.1) is 12.2 Å². The van der Waals surface area contributed by atoms with Gasteiger partial charge in [-0.2, -0.15) is 0 Å². The van der Waals surface area contributed by atoms with E-state index in [1.54, 1.807) is 24.9 Å². The summed E-state index contributed by atoms with van der Waals surface area (Å²) in [7, 11) is 1.73. The lowest BCUT2D eigenvalue weighted by molar-refractivity contribution is -0.128. The molecule has 0 aromatic carbocycles. The molecule has 1 N–H and O–H groups in total. The lowest BCUT2D eigenvalue weighted by Gasteiger charge is -2.24. The Morgan fingerprint density at radius 3 is 2.65 bits per heavy atom. The predicted molar refractivity (Wildman–Crippen MR) is 75.0 cm³/mol. The Morgan fingerprint density at radius 1 is 1.40 bits per heavy atom. The van der Waals surface area contributed by atoms with E-state index in [-0.39, 0.29) is 18.0 Å². The van der Waals surface area contributed by atoms with E-state index in [1.807, 2.05) is 4.90 Å². The zero-order chi connectivity index (χ0) is 14.7. The number of aromatic nitrogens is 1. The van der Waals surface area contributed by atoms with Crippen molar-refractivity contribution in [2.24, 2.45) is 0 Å². The van der Waals surface area contributed by atoms with E-state index < -0.39 is 5.97 Å². The molecule has 1 fully saturated rings. The van der Waals surface area contributed by atoms with Crippen LogP contribution in [0.25, 0.3) is 0 Å². The summed E-state index contributed by atoms with van der Waals surface area (Å²) in [6.45, 7) is 3.58. The fourth-order valence-electron chi connectivity index (χ4n) is 2.38. The summed E-state index contributed by atoms with van der Waals surface area (Å²) in [5, 5.41) is 9.19. The van der Waals surface area contributed by atoms with Gasteiger partial charge in [-0.3, -0.25) is 9.78 Å². The van der Waals surface area contributed by atoms with Crippen molar-refractivity contribution in [3.63, 3.8) is 0 Å². The van der Waals surface area contributed by atoms with Crippen LogP contribution in [-0.4, -0.2) is 53.5 Å². The number of amides is 1. The number of likely N-dealkylation sites (tertiary alicyclic amines) is 1. The van der Waals surface area contributed by atoms with Crippen molar-refractivity contribution in [2.75, 3.05) is 31.6 Å². The largest absolute Gasteiger partial charge is 0.478 e. The Labute approximate surface area is 118 Å². The van der Waals surface area contributed by atoms with E-state index in [0.717, 1.165) is 31.6 Å². The highest BCUT2D eigenvalue weighted by Gasteiger charge is 2.21. The molecule has 1 aliphatic heterocycles. The summed E-state index contributed by atoms with van der Waals surface area (Å²) >= 11 is 0. The lowest BCUT2D eigenvalue weighted by atomic mass is 10.2. The molecular weight excluding hydrogens is 258 g/mol. The summed E-state index contributed by atoms with van der Waals surface area (Å²) in [4.78, 5) is 30.8. The van der Waals surface area contributed by atoms with Crippen molar-refractivity contribution in [1.82, 2.24) is 9.88 Å². The van der Waals surface area contributed by atoms with Gasteiger partial charge in [-0.1, -0.05) is 0 Å². The highest BCUT2D eigenvalue weighted by molar-refractivity contribution is 5.95. The van der Waals surface area contributed by atoms with Crippen LogP contribution in [-0.2, 0) is 4.79 Å². The average Bonchev–Trinajstić information content (AvgIpc) is 2.92. The second-order valence-corrected chi connectivity index (χ2v) is 5.09. The van der Waals surface area contributed by atoms with Gasteiger partial charge in [0.15, 0.2) is 0 Å². The van der Waals surface area contributed by atoms with Crippen molar-refractivity contribution in [3.8, 4) is 0 Å². The Balaban J connectivity index is 2.15. The van der Waals surface area contributed by atoms with E-state index in [0.29, 0.717) is 5.69 Å². The summed E-state index contributed by atoms with van der Waals surface area (Å²) in [5.41, 5.74) is 1.37. The van der Waals surface area contributed by atoms with Crippen LogP contribution in [0.5, 0.6) is 0 Å². The maximum absolute atomic E-state index is 12.1. The normalized spacial score (nSPS) is 14.4. The Kier molecular flexibility index (Phi) is 4.22. The van der Waals surface area contributed by atoms with Crippen LogP contribution in [0.1, 0.15) is 28.9 Å². The first-order valence-electron chi connectivity index (χ1n) is 6.68. The number of carbonyl (C=O) groups excluding carboxylic acids is 1. The van der Waals surface area contributed by atoms with Crippen molar-refractivity contribution in [2.45, 2.75) is 19.8 Å². The summed E-state index contributed by atoms with van der Waals surface area (Å²) in [5.74, 6) is -0.997. The van der Waals surface area contributed by atoms with Crippen LogP contribution in [0, 0.1) is 6.92 Å². The fraction of sp³-hybridized carbons (Fsp3) is 0.500. The minimum atomic E-state index is -1.03. The Morgan fingerprint density at radius 2 is 2.05 bits per heavy atom. The third-order valence-corrected chi connectivity index (χ3v) is 3.49. The molecule has 2 heterocycles. The van der Waals surface area contributed by atoms with Crippen LogP contribution in [0.2, 0.25) is 0 Å². The van der Waals surface area contributed by atoms with Crippen molar-refractivity contribution in [3.05, 3.63) is 23.5 Å². The third-order valence-electron chi connectivity index (χ3n) is 3.49. The van der Waals surface area contributed by atoms with Crippen LogP contribution in [0.4, 0.5) is 5.69 Å². The highest BCUT2D eigenvalue weighted by Crippen LogP contribution is 2.20. The number of anilines is 1. The minimum Gasteiger partial charge on any atom is -0.478 e. The fourth-order valence-corrected chi connectivity index (χ4v) is 2.38. The molecule has 0 saturated carbocycles. The van der Waals surface area contributed by atoms with E-state index >= 15 is 0 Å². The van der Waals surface area contributed by atoms with Gasteiger partial charge < -0.3 is 14.9 Å². The molecule has 1 amide bonds. The number of rotatable bonds is 4.